The van der Waals surface area contributed by atoms with Gasteiger partial charge in [-0.1, -0.05) is 29.8 Å². The first-order valence-corrected chi connectivity index (χ1v) is 9.99. The highest BCUT2D eigenvalue weighted by atomic mass is 35.5. The monoisotopic (exact) mass is 439 g/mol. The van der Waals surface area contributed by atoms with Gasteiger partial charge >= 0.3 is 0 Å². The van der Waals surface area contributed by atoms with Gasteiger partial charge < -0.3 is 9.73 Å². The third kappa shape index (κ3) is 4.29. The molecule has 0 saturated carbocycles. The first kappa shape index (κ1) is 19.9. The third-order valence-electron chi connectivity index (χ3n) is 4.29. The summed E-state index contributed by atoms with van der Waals surface area (Å²) in [5, 5.41) is 14.7. The molecule has 0 radical (unpaired) electrons. The second-order valence-corrected chi connectivity index (χ2v) is 7.89. The zero-order valence-corrected chi connectivity index (χ0v) is 17.2. The number of amides is 1. The Labute approximate surface area is 180 Å². The maximum absolute atomic E-state index is 12.3. The molecule has 1 aromatic heterocycles. The molecule has 150 valence electrons. The maximum Gasteiger partial charge on any atom is 0.270 e. The van der Waals surface area contributed by atoms with E-state index in [2.05, 4.69) is 10.3 Å². The molecule has 4 rings (SSSR count). The van der Waals surface area contributed by atoms with Crippen molar-refractivity contribution in [1.82, 2.24) is 5.32 Å². The first-order chi connectivity index (χ1) is 14.4. The predicted molar refractivity (Wildman–Crippen MR) is 118 cm³/mol. The van der Waals surface area contributed by atoms with Crippen LogP contribution in [0.3, 0.4) is 0 Å². The molecule has 0 spiro atoms. The van der Waals surface area contributed by atoms with Crippen LogP contribution in [0.2, 0.25) is 5.02 Å². The summed E-state index contributed by atoms with van der Waals surface area (Å²) in [7, 11) is 0. The Morgan fingerprint density at radius 3 is 2.83 bits per heavy atom. The number of nitrogens with one attached hydrogen (secondary N) is 1. The SMILES string of the molecule is Cc1ccc(Cl)cc1N=C1NC(=O)/C(=C/c2ccc(-c3cccc([N+](=O)[O-])c3)o2)S1. The number of amidine groups is 1. The van der Waals surface area contributed by atoms with Crippen molar-refractivity contribution >= 4 is 51.9 Å². The lowest BCUT2D eigenvalue weighted by atomic mass is 10.1. The van der Waals surface area contributed by atoms with Crippen LogP contribution in [0.15, 0.2) is 68.9 Å². The molecule has 1 saturated heterocycles. The van der Waals surface area contributed by atoms with Gasteiger partial charge in [-0.2, -0.15) is 0 Å². The molecule has 2 aromatic carbocycles. The topological polar surface area (TPSA) is 97.7 Å². The third-order valence-corrected chi connectivity index (χ3v) is 5.43. The average Bonchev–Trinajstić information content (AvgIpc) is 3.32. The summed E-state index contributed by atoms with van der Waals surface area (Å²) in [6.45, 7) is 1.91. The van der Waals surface area contributed by atoms with Gasteiger partial charge in [-0.25, -0.2) is 4.99 Å². The number of benzene rings is 2. The summed E-state index contributed by atoms with van der Waals surface area (Å²) in [6.07, 6.45) is 1.61. The second-order valence-electron chi connectivity index (χ2n) is 6.42. The molecule has 0 unspecified atom stereocenters. The normalized spacial score (nSPS) is 16.3. The van der Waals surface area contributed by atoms with Gasteiger partial charge in [-0.05, 0) is 48.5 Å². The van der Waals surface area contributed by atoms with E-state index in [4.69, 9.17) is 16.0 Å². The Hall–Kier alpha value is -3.36. The zero-order valence-electron chi connectivity index (χ0n) is 15.6. The molecule has 1 N–H and O–H groups in total. The predicted octanol–water partition coefficient (Wildman–Crippen LogP) is 5.71. The van der Waals surface area contributed by atoms with E-state index >= 15 is 0 Å². The Morgan fingerprint density at radius 1 is 1.20 bits per heavy atom. The van der Waals surface area contributed by atoms with Gasteiger partial charge in [0.05, 0.1) is 15.5 Å². The van der Waals surface area contributed by atoms with E-state index in [9.17, 15) is 14.9 Å². The van der Waals surface area contributed by atoms with Crippen LogP contribution < -0.4 is 5.32 Å². The van der Waals surface area contributed by atoms with Crippen molar-refractivity contribution in [1.29, 1.82) is 0 Å². The molecule has 0 bridgehead atoms. The van der Waals surface area contributed by atoms with Crippen molar-refractivity contribution in [2.24, 2.45) is 4.99 Å². The number of carbonyl (C=O) groups is 1. The first-order valence-electron chi connectivity index (χ1n) is 8.79. The van der Waals surface area contributed by atoms with E-state index in [1.165, 1.54) is 23.9 Å². The molecule has 3 aromatic rings. The molecule has 1 aliphatic heterocycles. The van der Waals surface area contributed by atoms with E-state index in [0.717, 1.165) is 5.56 Å². The van der Waals surface area contributed by atoms with Crippen molar-refractivity contribution in [3.05, 3.63) is 86.0 Å². The van der Waals surface area contributed by atoms with Gasteiger partial charge in [-0.15, -0.1) is 0 Å². The Morgan fingerprint density at radius 2 is 2.03 bits per heavy atom. The van der Waals surface area contributed by atoms with Crippen LogP contribution in [0.1, 0.15) is 11.3 Å². The Kier molecular flexibility index (Phi) is 5.43. The number of hydrogen-bond acceptors (Lipinski definition) is 6. The number of nitro benzene ring substituents is 1. The van der Waals surface area contributed by atoms with Gasteiger partial charge in [0.25, 0.3) is 11.6 Å². The fraction of sp³-hybridized carbons (Fsp3) is 0.0476. The van der Waals surface area contributed by atoms with E-state index in [-0.39, 0.29) is 11.6 Å². The Balaban J connectivity index is 1.57. The lowest BCUT2D eigenvalue weighted by Crippen LogP contribution is -2.19. The summed E-state index contributed by atoms with van der Waals surface area (Å²) in [6, 6.07) is 14.9. The second kappa shape index (κ2) is 8.17. The fourth-order valence-electron chi connectivity index (χ4n) is 2.78. The van der Waals surface area contributed by atoms with Crippen LogP contribution in [0.25, 0.3) is 17.4 Å². The number of aliphatic imine (C=N–C) groups is 1. The van der Waals surface area contributed by atoms with Gasteiger partial charge in [0.2, 0.25) is 0 Å². The maximum atomic E-state index is 12.3. The zero-order chi connectivity index (χ0) is 21.3. The van der Waals surface area contributed by atoms with Crippen molar-refractivity contribution in [2.75, 3.05) is 0 Å². The molecule has 7 nitrogen and oxygen atoms in total. The minimum absolute atomic E-state index is 0.0216. The number of nitro groups is 1. The smallest absolute Gasteiger partial charge is 0.270 e. The number of non-ortho nitro benzene ring substituents is 1. The van der Waals surface area contributed by atoms with Gasteiger partial charge in [-0.3, -0.25) is 14.9 Å². The van der Waals surface area contributed by atoms with Gasteiger partial charge in [0.1, 0.15) is 11.5 Å². The number of nitrogens with zero attached hydrogens (tertiary/aromatic N) is 2. The summed E-state index contributed by atoms with van der Waals surface area (Å²) in [4.78, 5) is 27.7. The lowest BCUT2D eigenvalue weighted by molar-refractivity contribution is -0.384. The fourth-order valence-corrected chi connectivity index (χ4v) is 3.76. The summed E-state index contributed by atoms with van der Waals surface area (Å²) in [5.74, 6) is 0.637. The molecule has 9 heteroatoms. The standard InChI is InChI=1S/C21H14ClN3O4S/c1-12-5-6-14(22)10-17(12)23-21-24-20(26)19(30-21)11-16-7-8-18(29-16)13-3-2-4-15(9-13)25(27)28/h2-11H,1H3,(H,23,24,26)/b19-11-. The molecule has 1 fully saturated rings. The van der Waals surface area contributed by atoms with Gasteiger partial charge in [0, 0.05) is 28.8 Å². The minimum atomic E-state index is -0.461. The van der Waals surface area contributed by atoms with Crippen LogP contribution >= 0.6 is 23.4 Å². The molecule has 0 aliphatic carbocycles. The number of furan rings is 1. The van der Waals surface area contributed by atoms with Crippen molar-refractivity contribution in [3.8, 4) is 11.3 Å². The Bertz CT molecular complexity index is 1230. The van der Waals surface area contributed by atoms with Crippen molar-refractivity contribution < 1.29 is 14.1 Å². The lowest BCUT2D eigenvalue weighted by Gasteiger charge is -2.01. The molecule has 2 heterocycles. The quantitative estimate of drug-likeness (QED) is 0.319. The highest BCUT2D eigenvalue weighted by molar-refractivity contribution is 8.18. The van der Waals surface area contributed by atoms with E-state index in [0.29, 0.717) is 37.9 Å². The molecule has 1 amide bonds. The highest BCUT2D eigenvalue weighted by Gasteiger charge is 2.24. The van der Waals surface area contributed by atoms with Crippen molar-refractivity contribution in [3.63, 3.8) is 0 Å². The highest BCUT2D eigenvalue weighted by Crippen LogP contribution is 2.32. The molecule has 1 aliphatic rings. The molecule has 30 heavy (non-hydrogen) atoms. The van der Waals surface area contributed by atoms with Crippen LogP contribution in [0.4, 0.5) is 11.4 Å². The molecule has 0 atom stereocenters. The van der Waals surface area contributed by atoms with Crippen LogP contribution in [-0.2, 0) is 4.79 Å². The van der Waals surface area contributed by atoms with Crippen LogP contribution in [-0.4, -0.2) is 16.0 Å². The number of rotatable bonds is 4. The minimum Gasteiger partial charge on any atom is -0.457 e. The van der Waals surface area contributed by atoms with Crippen LogP contribution in [0.5, 0.6) is 0 Å². The molecular formula is C21H14ClN3O4S. The number of hydrogen-bond donors (Lipinski definition) is 1. The largest absolute Gasteiger partial charge is 0.457 e. The van der Waals surface area contributed by atoms with Crippen LogP contribution in [0, 0.1) is 17.0 Å². The summed E-state index contributed by atoms with van der Waals surface area (Å²) >= 11 is 7.21. The number of carbonyl (C=O) groups excluding carboxylic acids is 1. The number of halogens is 1. The van der Waals surface area contributed by atoms with Gasteiger partial charge in [0.15, 0.2) is 5.17 Å². The summed E-state index contributed by atoms with van der Waals surface area (Å²) in [5.41, 5.74) is 2.17. The van der Waals surface area contributed by atoms with E-state index < -0.39 is 4.92 Å². The van der Waals surface area contributed by atoms with E-state index in [1.54, 1.807) is 42.5 Å². The number of thioether (sulfide) groups is 1. The van der Waals surface area contributed by atoms with E-state index in [1.807, 2.05) is 13.0 Å². The number of aryl methyl sites for hydroxylation is 1. The van der Waals surface area contributed by atoms with Crippen molar-refractivity contribution in [2.45, 2.75) is 6.92 Å². The molecular weight excluding hydrogens is 426 g/mol. The average molecular weight is 440 g/mol. The summed E-state index contributed by atoms with van der Waals surface area (Å²) < 4.78 is 5.75.